The lowest BCUT2D eigenvalue weighted by atomic mass is 10.1. The van der Waals surface area contributed by atoms with Crippen LogP contribution in [-0.2, 0) is 4.79 Å². The van der Waals surface area contributed by atoms with Crippen LogP contribution in [-0.4, -0.2) is 22.0 Å². The highest BCUT2D eigenvalue weighted by Gasteiger charge is 2.17. The number of nitrogens with zero attached hydrogens (tertiary/aromatic N) is 1. The van der Waals surface area contributed by atoms with E-state index in [4.69, 9.17) is 0 Å². The van der Waals surface area contributed by atoms with E-state index in [9.17, 15) is 24.8 Å². The van der Waals surface area contributed by atoms with Gasteiger partial charge in [-0.2, -0.15) is 0 Å². The van der Waals surface area contributed by atoms with E-state index in [2.05, 4.69) is 16.2 Å². The summed E-state index contributed by atoms with van der Waals surface area (Å²) in [6.07, 6.45) is -1.43. The van der Waals surface area contributed by atoms with Crippen LogP contribution in [0.2, 0.25) is 0 Å². The highest BCUT2D eigenvalue weighted by Crippen LogP contribution is 2.15. The van der Waals surface area contributed by atoms with Crippen molar-refractivity contribution in [2.75, 3.05) is 5.32 Å². The molecule has 9 heteroatoms. The number of anilines is 1. The summed E-state index contributed by atoms with van der Waals surface area (Å²) in [6, 6.07) is 12.6. The van der Waals surface area contributed by atoms with Crippen molar-refractivity contribution in [3.8, 4) is 0 Å². The number of hydrogen-bond donors (Lipinski definition) is 4. The number of amides is 3. The second kappa shape index (κ2) is 7.70. The van der Waals surface area contributed by atoms with Crippen LogP contribution in [0.3, 0.4) is 0 Å². The third-order valence-corrected chi connectivity index (χ3v) is 3.00. The maximum Gasteiger partial charge on any atom is 0.337 e. The molecule has 24 heavy (non-hydrogen) atoms. The molecule has 3 amide bonds. The molecular formula is C15H14N4O5. The van der Waals surface area contributed by atoms with Gasteiger partial charge in [0.05, 0.1) is 4.92 Å². The summed E-state index contributed by atoms with van der Waals surface area (Å²) in [4.78, 5) is 33.4. The number of hydrogen-bond acceptors (Lipinski definition) is 5. The largest absolute Gasteiger partial charge is 0.378 e. The van der Waals surface area contributed by atoms with Crippen LogP contribution < -0.4 is 16.2 Å². The van der Waals surface area contributed by atoms with Crippen molar-refractivity contribution >= 4 is 23.3 Å². The third kappa shape index (κ3) is 4.52. The monoisotopic (exact) mass is 330 g/mol. The van der Waals surface area contributed by atoms with Gasteiger partial charge >= 0.3 is 6.03 Å². The summed E-state index contributed by atoms with van der Waals surface area (Å²) in [6.45, 7) is 0. The van der Waals surface area contributed by atoms with E-state index in [1.54, 1.807) is 30.3 Å². The third-order valence-electron chi connectivity index (χ3n) is 3.00. The van der Waals surface area contributed by atoms with Crippen LogP contribution in [0.4, 0.5) is 16.2 Å². The molecule has 0 bridgehead atoms. The minimum atomic E-state index is -1.43. The molecule has 0 unspecified atom stereocenters. The lowest BCUT2D eigenvalue weighted by molar-refractivity contribution is -0.384. The van der Waals surface area contributed by atoms with Gasteiger partial charge in [0.25, 0.3) is 11.6 Å². The standard InChI is InChI=1S/C15H14N4O5/c20-13(10-4-2-1-3-5-10)14(21)17-18-15(22)16-11-6-8-12(9-7-11)19(23)24/h1-9,13,20H,(H,17,21)(H2,16,18,22)/t13-/m0/s1. The molecule has 0 aromatic heterocycles. The zero-order chi connectivity index (χ0) is 17.5. The van der Waals surface area contributed by atoms with Gasteiger partial charge in [0.1, 0.15) is 0 Å². The van der Waals surface area contributed by atoms with E-state index in [0.29, 0.717) is 11.3 Å². The van der Waals surface area contributed by atoms with Gasteiger partial charge in [-0.3, -0.25) is 20.3 Å². The Labute approximate surface area is 136 Å². The number of benzene rings is 2. The smallest absolute Gasteiger partial charge is 0.337 e. The number of nitro groups is 1. The molecule has 9 nitrogen and oxygen atoms in total. The Morgan fingerprint density at radius 3 is 2.21 bits per heavy atom. The number of hydrazine groups is 1. The molecule has 0 radical (unpaired) electrons. The fourth-order valence-corrected chi connectivity index (χ4v) is 1.80. The minimum Gasteiger partial charge on any atom is -0.378 e. The van der Waals surface area contributed by atoms with Crippen molar-refractivity contribution in [1.29, 1.82) is 0 Å². The molecule has 0 aliphatic rings. The number of nitrogens with one attached hydrogen (secondary N) is 3. The molecule has 2 rings (SSSR count). The molecule has 2 aromatic rings. The van der Waals surface area contributed by atoms with E-state index in [1.807, 2.05) is 0 Å². The zero-order valence-corrected chi connectivity index (χ0v) is 12.3. The van der Waals surface area contributed by atoms with Crippen LogP contribution in [0, 0.1) is 10.1 Å². The van der Waals surface area contributed by atoms with Gasteiger partial charge < -0.3 is 10.4 Å². The van der Waals surface area contributed by atoms with Crippen molar-refractivity contribution < 1.29 is 19.6 Å². The Morgan fingerprint density at radius 2 is 1.62 bits per heavy atom. The number of rotatable bonds is 4. The van der Waals surface area contributed by atoms with Crippen LogP contribution in [0.25, 0.3) is 0 Å². The first-order valence-corrected chi connectivity index (χ1v) is 6.81. The van der Waals surface area contributed by atoms with Crippen molar-refractivity contribution in [2.24, 2.45) is 0 Å². The summed E-state index contributed by atoms with van der Waals surface area (Å²) in [5.74, 6) is -0.806. The fourth-order valence-electron chi connectivity index (χ4n) is 1.80. The van der Waals surface area contributed by atoms with E-state index in [-0.39, 0.29) is 5.69 Å². The zero-order valence-electron chi connectivity index (χ0n) is 12.3. The Bertz CT molecular complexity index is 733. The van der Waals surface area contributed by atoms with Crippen LogP contribution in [0.1, 0.15) is 11.7 Å². The molecule has 0 heterocycles. The number of carbonyl (C=O) groups is 2. The van der Waals surface area contributed by atoms with Crippen LogP contribution in [0.15, 0.2) is 54.6 Å². The molecule has 0 fully saturated rings. The molecule has 4 N–H and O–H groups in total. The lowest BCUT2D eigenvalue weighted by Crippen LogP contribution is -2.45. The number of aliphatic hydroxyl groups is 1. The topological polar surface area (TPSA) is 134 Å². The first kappa shape index (κ1) is 16.9. The first-order valence-electron chi connectivity index (χ1n) is 6.81. The highest BCUT2D eigenvalue weighted by atomic mass is 16.6. The highest BCUT2D eigenvalue weighted by molar-refractivity contribution is 5.91. The Morgan fingerprint density at radius 1 is 1.00 bits per heavy atom. The number of carbonyl (C=O) groups excluding carboxylic acids is 2. The molecule has 0 saturated heterocycles. The van der Waals surface area contributed by atoms with Crippen molar-refractivity contribution in [2.45, 2.75) is 6.10 Å². The van der Waals surface area contributed by atoms with E-state index >= 15 is 0 Å². The molecule has 2 aromatic carbocycles. The Balaban J connectivity index is 1.84. The molecule has 0 spiro atoms. The first-order chi connectivity index (χ1) is 11.5. The number of aliphatic hydroxyl groups excluding tert-OH is 1. The van der Waals surface area contributed by atoms with Gasteiger partial charge in [-0.1, -0.05) is 30.3 Å². The van der Waals surface area contributed by atoms with Crippen molar-refractivity contribution in [1.82, 2.24) is 10.9 Å². The Kier molecular flexibility index (Phi) is 5.42. The van der Waals surface area contributed by atoms with E-state index in [1.165, 1.54) is 24.3 Å². The van der Waals surface area contributed by atoms with Gasteiger partial charge in [0.15, 0.2) is 6.10 Å². The lowest BCUT2D eigenvalue weighted by Gasteiger charge is -2.13. The van der Waals surface area contributed by atoms with E-state index in [0.717, 1.165) is 0 Å². The van der Waals surface area contributed by atoms with E-state index < -0.39 is 23.0 Å². The normalized spacial score (nSPS) is 11.2. The van der Waals surface area contributed by atoms with Crippen molar-refractivity contribution in [3.63, 3.8) is 0 Å². The molecule has 0 saturated carbocycles. The predicted molar refractivity (Wildman–Crippen MR) is 84.8 cm³/mol. The number of urea groups is 1. The second-order valence-corrected chi connectivity index (χ2v) is 4.69. The quantitative estimate of drug-likeness (QED) is 0.498. The molecule has 0 aliphatic carbocycles. The summed E-state index contributed by atoms with van der Waals surface area (Å²) >= 11 is 0. The summed E-state index contributed by atoms with van der Waals surface area (Å²) < 4.78 is 0. The maximum absolute atomic E-state index is 11.7. The molecule has 1 atom stereocenters. The van der Waals surface area contributed by atoms with Gasteiger partial charge in [0.2, 0.25) is 0 Å². The van der Waals surface area contributed by atoms with Crippen LogP contribution in [0.5, 0.6) is 0 Å². The van der Waals surface area contributed by atoms with Crippen molar-refractivity contribution in [3.05, 3.63) is 70.3 Å². The van der Waals surface area contributed by atoms with Gasteiger partial charge in [-0.25, -0.2) is 10.2 Å². The average Bonchev–Trinajstić information content (AvgIpc) is 2.60. The van der Waals surface area contributed by atoms with Gasteiger partial charge in [-0.15, -0.1) is 0 Å². The molecule has 124 valence electrons. The molecular weight excluding hydrogens is 316 g/mol. The summed E-state index contributed by atoms with van der Waals surface area (Å²) in [7, 11) is 0. The van der Waals surface area contributed by atoms with Gasteiger partial charge in [0, 0.05) is 17.8 Å². The summed E-state index contributed by atoms with van der Waals surface area (Å²) in [5, 5.41) is 22.7. The second-order valence-electron chi connectivity index (χ2n) is 4.69. The summed E-state index contributed by atoms with van der Waals surface area (Å²) in [5.41, 5.74) is 4.72. The Hall–Kier alpha value is -3.46. The van der Waals surface area contributed by atoms with Gasteiger partial charge in [-0.05, 0) is 17.7 Å². The molecule has 0 aliphatic heterocycles. The SMILES string of the molecule is O=C(NNC(=O)[C@@H](O)c1ccccc1)Nc1ccc([N+](=O)[O-])cc1. The predicted octanol–water partition coefficient (Wildman–Crippen LogP) is 1.48. The van der Waals surface area contributed by atoms with Crippen LogP contribution >= 0.6 is 0 Å². The number of non-ortho nitro benzene ring substituents is 1. The minimum absolute atomic E-state index is 0.111. The fraction of sp³-hybridized carbons (Fsp3) is 0.0667. The number of nitro benzene ring substituents is 1. The maximum atomic E-state index is 11.7. The average molecular weight is 330 g/mol.